The van der Waals surface area contributed by atoms with E-state index in [4.69, 9.17) is 0 Å². The number of nitrogens with one attached hydrogen (secondary N) is 1. The zero-order chi connectivity index (χ0) is 14.8. The average Bonchev–Trinajstić information content (AvgIpc) is 2.91. The number of hydrogen-bond donors (Lipinski definition) is 1. The highest BCUT2D eigenvalue weighted by Crippen LogP contribution is 2.33. The highest BCUT2D eigenvalue weighted by Gasteiger charge is 2.30. The van der Waals surface area contributed by atoms with Crippen molar-refractivity contribution in [1.82, 2.24) is 9.80 Å². The van der Waals surface area contributed by atoms with Crippen molar-refractivity contribution in [2.45, 2.75) is 31.7 Å². The third-order valence-corrected chi connectivity index (χ3v) is 4.96. The van der Waals surface area contributed by atoms with Crippen LogP contribution in [0, 0.1) is 0 Å². The van der Waals surface area contributed by atoms with Crippen LogP contribution in [0.25, 0.3) is 0 Å². The van der Waals surface area contributed by atoms with E-state index in [1.54, 1.807) is 0 Å². The molecule has 1 N–H and O–H groups in total. The molecule has 0 radical (unpaired) electrons. The minimum Gasteiger partial charge on any atom is -0.384 e. The Morgan fingerprint density at radius 3 is 2.95 bits per heavy atom. The lowest BCUT2D eigenvalue weighted by molar-refractivity contribution is -0.134. The van der Waals surface area contributed by atoms with Gasteiger partial charge in [0.25, 0.3) is 0 Å². The summed E-state index contributed by atoms with van der Waals surface area (Å²) in [4.78, 5) is 17.0. The van der Waals surface area contributed by atoms with Crippen molar-refractivity contribution in [3.05, 3.63) is 29.8 Å². The van der Waals surface area contributed by atoms with Crippen LogP contribution < -0.4 is 5.32 Å². The molecule has 2 aliphatic heterocycles. The second-order valence-corrected chi connectivity index (χ2v) is 6.25. The van der Waals surface area contributed by atoms with E-state index in [2.05, 4.69) is 47.3 Å². The fraction of sp³-hybridized carbons (Fsp3) is 0.588. The van der Waals surface area contributed by atoms with E-state index >= 15 is 0 Å². The molecule has 1 saturated heterocycles. The standard InChI is InChI=1S/C17H25N3O/c1-3-14-12-20(9-8-19(14)2)17(21)10-13-11-18-16-7-5-4-6-15(13)16/h4-7,13-14,18H,3,8-12H2,1-2H3. The third-order valence-electron chi connectivity index (χ3n) is 4.96. The molecule has 3 rings (SSSR count). The molecule has 0 aliphatic carbocycles. The molecule has 114 valence electrons. The van der Waals surface area contributed by atoms with Crippen LogP contribution in [0.3, 0.4) is 0 Å². The van der Waals surface area contributed by atoms with E-state index in [9.17, 15) is 4.79 Å². The zero-order valence-electron chi connectivity index (χ0n) is 13.0. The van der Waals surface area contributed by atoms with Gasteiger partial charge in [0.1, 0.15) is 0 Å². The zero-order valence-corrected chi connectivity index (χ0v) is 13.0. The number of piperazine rings is 1. The van der Waals surface area contributed by atoms with Crippen LogP contribution in [-0.2, 0) is 4.79 Å². The van der Waals surface area contributed by atoms with Crippen molar-refractivity contribution in [3.63, 3.8) is 0 Å². The monoisotopic (exact) mass is 287 g/mol. The first-order valence-corrected chi connectivity index (χ1v) is 8.00. The Bertz CT molecular complexity index is 517. The van der Waals surface area contributed by atoms with Gasteiger partial charge in [-0.15, -0.1) is 0 Å². The number of amides is 1. The minimum absolute atomic E-state index is 0.310. The van der Waals surface area contributed by atoms with Gasteiger partial charge in [0.2, 0.25) is 5.91 Å². The number of nitrogens with zero attached hydrogens (tertiary/aromatic N) is 2. The van der Waals surface area contributed by atoms with E-state index in [1.807, 2.05) is 6.07 Å². The number of rotatable bonds is 3. The summed E-state index contributed by atoms with van der Waals surface area (Å²) in [5, 5.41) is 3.41. The van der Waals surface area contributed by atoms with Gasteiger partial charge < -0.3 is 10.2 Å². The molecule has 4 nitrogen and oxygen atoms in total. The van der Waals surface area contributed by atoms with Crippen molar-refractivity contribution >= 4 is 11.6 Å². The summed E-state index contributed by atoms with van der Waals surface area (Å²) < 4.78 is 0. The molecule has 0 saturated carbocycles. The van der Waals surface area contributed by atoms with Crippen LogP contribution in [-0.4, -0.2) is 55.0 Å². The number of carbonyl (C=O) groups excluding carboxylic acids is 1. The molecular weight excluding hydrogens is 262 g/mol. The first kappa shape index (κ1) is 14.4. The lowest BCUT2D eigenvalue weighted by atomic mass is 9.97. The second-order valence-electron chi connectivity index (χ2n) is 6.25. The lowest BCUT2D eigenvalue weighted by Crippen LogP contribution is -2.53. The fourth-order valence-corrected chi connectivity index (χ4v) is 3.49. The van der Waals surface area contributed by atoms with Crippen LogP contribution in [0.15, 0.2) is 24.3 Å². The van der Waals surface area contributed by atoms with Gasteiger partial charge in [0.15, 0.2) is 0 Å². The first-order valence-electron chi connectivity index (χ1n) is 8.00. The number of likely N-dealkylation sites (N-methyl/N-ethyl adjacent to an activating group) is 1. The summed E-state index contributed by atoms with van der Waals surface area (Å²) in [5.41, 5.74) is 2.49. The molecule has 2 heterocycles. The molecule has 1 fully saturated rings. The topological polar surface area (TPSA) is 35.6 Å². The van der Waals surface area contributed by atoms with Gasteiger partial charge >= 0.3 is 0 Å². The van der Waals surface area contributed by atoms with Crippen LogP contribution in [0.5, 0.6) is 0 Å². The predicted octanol–water partition coefficient (Wildman–Crippen LogP) is 2.14. The molecule has 1 aromatic rings. The number of anilines is 1. The SMILES string of the molecule is CCC1CN(C(=O)CC2CNc3ccccc32)CCN1C. The van der Waals surface area contributed by atoms with Crippen LogP contribution in [0.1, 0.15) is 31.2 Å². The number of carbonyl (C=O) groups is 1. The Kier molecular flexibility index (Phi) is 4.15. The van der Waals surface area contributed by atoms with E-state index < -0.39 is 0 Å². The van der Waals surface area contributed by atoms with Gasteiger partial charge in [-0.2, -0.15) is 0 Å². The largest absolute Gasteiger partial charge is 0.384 e. The van der Waals surface area contributed by atoms with E-state index in [1.165, 1.54) is 11.3 Å². The van der Waals surface area contributed by atoms with Crippen molar-refractivity contribution in [2.75, 3.05) is 38.5 Å². The molecule has 1 amide bonds. The molecule has 1 aromatic carbocycles. The highest BCUT2D eigenvalue weighted by atomic mass is 16.2. The molecule has 21 heavy (non-hydrogen) atoms. The van der Waals surface area contributed by atoms with Crippen molar-refractivity contribution in [1.29, 1.82) is 0 Å². The summed E-state index contributed by atoms with van der Waals surface area (Å²) in [5.74, 6) is 0.637. The number of fused-ring (bicyclic) bond motifs is 1. The number of hydrogen-bond acceptors (Lipinski definition) is 3. The van der Waals surface area contributed by atoms with Crippen molar-refractivity contribution < 1.29 is 4.79 Å². The number of para-hydroxylation sites is 1. The van der Waals surface area contributed by atoms with Crippen LogP contribution >= 0.6 is 0 Å². The maximum absolute atomic E-state index is 12.6. The quantitative estimate of drug-likeness (QED) is 0.925. The Labute approximate surface area is 127 Å². The van der Waals surface area contributed by atoms with Gasteiger partial charge in [-0.3, -0.25) is 9.69 Å². The normalized spacial score (nSPS) is 25.5. The van der Waals surface area contributed by atoms with E-state index in [0.29, 0.717) is 24.3 Å². The minimum atomic E-state index is 0.310. The molecule has 0 bridgehead atoms. The first-order chi connectivity index (χ1) is 10.2. The van der Waals surface area contributed by atoms with Gasteiger partial charge in [0, 0.05) is 50.2 Å². The summed E-state index contributed by atoms with van der Waals surface area (Å²) in [7, 11) is 2.16. The van der Waals surface area contributed by atoms with Gasteiger partial charge in [0.05, 0.1) is 0 Å². The average molecular weight is 287 g/mol. The maximum atomic E-state index is 12.6. The molecule has 2 aliphatic rings. The number of benzene rings is 1. The highest BCUT2D eigenvalue weighted by molar-refractivity contribution is 5.78. The van der Waals surface area contributed by atoms with Gasteiger partial charge in [-0.1, -0.05) is 25.1 Å². The van der Waals surface area contributed by atoms with E-state index in [-0.39, 0.29) is 0 Å². The second kappa shape index (κ2) is 6.06. The van der Waals surface area contributed by atoms with Gasteiger partial charge in [-0.25, -0.2) is 0 Å². The van der Waals surface area contributed by atoms with Gasteiger partial charge in [-0.05, 0) is 25.1 Å². The third kappa shape index (κ3) is 2.91. The summed E-state index contributed by atoms with van der Waals surface area (Å²) >= 11 is 0. The Balaban J connectivity index is 1.62. The molecule has 0 aromatic heterocycles. The van der Waals surface area contributed by atoms with Crippen molar-refractivity contribution in [3.8, 4) is 0 Å². The molecule has 2 atom stereocenters. The fourth-order valence-electron chi connectivity index (χ4n) is 3.49. The van der Waals surface area contributed by atoms with E-state index in [0.717, 1.165) is 32.6 Å². The summed E-state index contributed by atoms with van der Waals surface area (Å²) in [6, 6.07) is 8.86. The lowest BCUT2D eigenvalue weighted by Gasteiger charge is -2.39. The Morgan fingerprint density at radius 2 is 2.14 bits per heavy atom. The van der Waals surface area contributed by atoms with Crippen molar-refractivity contribution in [2.24, 2.45) is 0 Å². The molecular formula is C17H25N3O. The molecule has 2 unspecified atom stereocenters. The summed E-state index contributed by atoms with van der Waals surface area (Å²) in [6.07, 6.45) is 1.73. The Morgan fingerprint density at radius 1 is 1.33 bits per heavy atom. The van der Waals surface area contributed by atoms with Crippen LogP contribution in [0.2, 0.25) is 0 Å². The van der Waals surface area contributed by atoms with Crippen LogP contribution in [0.4, 0.5) is 5.69 Å². The molecule has 4 heteroatoms. The maximum Gasteiger partial charge on any atom is 0.223 e. The smallest absolute Gasteiger partial charge is 0.223 e. The predicted molar refractivity (Wildman–Crippen MR) is 85.6 cm³/mol. The Hall–Kier alpha value is -1.55. The summed E-state index contributed by atoms with van der Waals surface area (Å²) in [6.45, 7) is 5.83. The molecule has 0 spiro atoms.